The molecule has 0 amide bonds. The summed E-state index contributed by atoms with van der Waals surface area (Å²) < 4.78 is 6.78. The van der Waals surface area contributed by atoms with Gasteiger partial charge >= 0.3 is 0 Å². The lowest BCUT2D eigenvalue weighted by atomic mass is 9.84. The zero-order chi connectivity index (χ0) is 42.1. The van der Waals surface area contributed by atoms with Gasteiger partial charge in [0.2, 0.25) is 0 Å². The molecule has 0 aliphatic heterocycles. The molecule has 0 aliphatic rings. The maximum atomic E-state index is 6.78. The molecule has 0 aliphatic carbocycles. The summed E-state index contributed by atoms with van der Waals surface area (Å²) in [7, 11) is 0. The highest BCUT2D eigenvalue weighted by molar-refractivity contribution is 6.22. The van der Waals surface area contributed by atoms with Gasteiger partial charge < -0.3 is 9.32 Å². The normalized spacial score (nSPS) is 11.8. The van der Waals surface area contributed by atoms with Crippen LogP contribution in [0.5, 0.6) is 0 Å². The number of fused-ring (bicyclic) bond motifs is 11. The zero-order valence-corrected chi connectivity index (χ0v) is 34.9. The molecule has 0 fully saturated rings. The van der Waals surface area contributed by atoms with E-state index in [0.717, 1.165) is 50.0 Å². The number of furan rings is 1. The Morgan fingerprint density at radius 3 is 1.52 bits per heavy atom. The van der Waals surface area contributed by atoms with Crippen molar-refractivity contribution in [2.24, 2.45) is 0 Å². The number of hydrogen-bond acceptors (Lipinski definition) is 2. The summed E-state index contributed by atoms with van der Waals surface area (Å²) in [5, 5.41) is 14.4. The Bertz CT molecular complexity index is 3940. The van der Waals surface area contributed by atoms with E-state index in [-0.39, 0.29) is 0 Å². The molecule has 2 nitrogen and oxygen atoms in total. The second-order valence-electron chi connectivity index (χ2n) is 16.8. The van der Waals surface area contributed by atoms with Crippen molar-refractivity contribution in [1.29, 1.82) is 0 Å². The molecule has 0 atom stereocenters. The van der Waals surface area contributed by atoms with Gasteiger partial charge in [-0.25, -0.2) is 0 Å². The maximum Gasteiger partial charge on any atom is 0.143 e. The number of benzene rings is 12. The van der Waals surface area contributed by atoms with Crippen molar-refractivity contribution in [3.05, 3.63) is 237 Å². The highest BCUT2D eigenvalue weighted by Crippen LogP contribution is 2.47. The number of anilines is 3. The Hall–Kier alpha value is -8.46. The van der Waals surface area contributed by atoms with E-state index in [1.165, 1.54) is 76.3 Å². The minimum absolute atomic E-state index is 0.864. The number of hydrogen-bond donors (Lipinski definition) is 0. The minimum Gasteiger partial charge on any atom is -0.455 e. The van der Waals surface area contributed by atoms with Crippen LogP contribution in [-0.2, 0) is 0 Å². The Labute approximate surface area is 370 Å². The van der Waals surface area contributed by atoms with Crippen LogP contribution in [0.3, 0.4) is 0 Å². The first kappa shape index (κ1) is 36.2. The van der Waals surface area contributed by atoms with Crippen LogP contribution in [-0.4, -0.2) is 0 Å². The molecule has 12 aromatic carbocycles. The van der Waals surface area contributed by atoms with Gasteiger partial charge in [0.25, 0.3) is 0 Å². The molecule has 1 heterocycles. The first-order valence-electron chi connectivity index (χ1n) is 22.0. The third kappa shape index (κ3) is 5.73. The number of rotatable bonds is 6. The molecular formula is C62H39NO. The van der Waals surface area contributed by atoms with Crippen LogP contribution in [0.2, 0.25) is 0 Å². The van der Waals surface area contributed by atoms with Crippen LogP contribution in [0.15, 0.2) is 241 Å². The highest BCUT2D eigenvalue weighted by Gasteiger charge is 2.21. The monoisotopic (exact) mass is 813 g/mol. The summed E-state index contributed by atoms with van der Waals surface area (Å²) in [6.07, 6.45) is 0. The predicted octanol–water partition coefficient (Wildman–Crippen LogP) is 17.8. The quantitative estimate of drug-likeness (QED) is 0.156. The SMILES string of the molecule is c1ccc(-c2c(-c3ccccc3)c3cc(-c4ccc(N(c5ccc6c(c5)oc5c7ccccc7ccc65)c5cc6ccccc6c6ccccc56)cc4)ccc3c3ccccc23)cc1. The molecule has 0 saturated heterocycles. The fourth-order valence-corrected chi connectivity index (χ4v) is 10.3. The molecule has 0 radical (unpaired) electrons. The van der Waals surface area contributed by atoms with Gasteiger partial charge in [0.05, 0.1) is 5.69 Å². The fraction of sp³-hybridized carbons (Fsp3) is 0. The third-order valence-corrected chi connectivity index (χ3v) is 13.2. The van der Waals surface area contributed by atoms with Crippen LogP contribution in [0.4, 0.5) is 17.1 Å². The van der Waals surface area contributed by atoms with Gasteiger partial charge in [-0.3, -0.25) is 0 Å². The topological polar surface area (TPSA) is 16.4 Å². The molecule has 64 heavy (non-hydrogen) atoms. The second kappa shape index (κ2) is 14.6. The van der Waals surface area contributed by atoms with E-state index in [1.807, 2.05) is 0 Å². The maximum absolute atomic E-state index is 6.78. The molecular weight excluding hydrogens is 775 g/mol. The molecule has 0 spiro atoms. The van der Waals surface area contributed by atoms with Crippen molar-refractivity contribution in [2.45, 2.75) is 0 Å². The van der Waals surface area contributed by atoms with Gasteiger partial charge in [0, 0.05) is 39.0 Å². The van der Waals surface area contributed by atoms with Crippen LogP contribution in [0, 0.1) is 0 Å². The van der Waals surface area contributed by atoms with Gasteiger partial charge in [-0.2, -0.15) is 0 Å². The molecule has 13 aromatic rings. The highest BCUT2D eigenvalue weighted by atomic mass is 16.3. The van der Waals surface area contributed by atoms with Gasteiger partial charge in [-0.1, -0.05) is 188 Å². The van der Waals surface area contributed by atoms with Crippen LogP contribution >= 0.6 is 0 Å². The van der Waals surface area contributed by atoms with E-state index in [9.17, 15) is 0 Å². The Morgan fingerprint density at radius 1 is 0.266 bits per heavy atom. The lowest BCUT2D eigenvalue weighted by Gasteiger charge is -2.28. The molecule has 0 saturated carbocycles. The first-order chi connectivity index (χ1) is 31.7. The van der Waals surface area contributed by atoms with Gasteiger partial charge in [0.15, 0.2) is 0 Å². The van der Waals surface area contributed by atoms with E-state index >= 15 is 0 Å². The van der Waals surface area contributed by atoms with Crippen molar-refractivity contribution >= 4 is 92.9 Å². The van der Waals surface area contributed by atoms with Crippen molar-refractivity contribution in [1.82, 2.24) is 0 Å². The Balaban J connectivity index is 1.01. The standard InChI is InChI=1S/C62H39NO/c1-3-16-42(17-4-1)60-55-26-14-12-24-51(55)52-34-30-44(37-57(52)61(60)43-18-5-2-6-19-43)40-27-31-46(32-28-40)63(58-38-45-20-8-9-21-48(45)50-23-11-13-25-53(50)58)47-33-36-54-56-35-29-41-15-7-10-22-49(41)62(56)64-59(54)39-47/h1-39H. The van der Waals surface area contributed by atoms with Crippen molar-refractivity contribution in [3.8, 4) is 33.4 Å². The number of nitrogens with zero attached hydrogens (tertiary/aromatic N) is 1. The lowest BCUT2D eigenvalue weighted by Crippen LogP contribution is -2.10. The van der Waals surface area contributed by atoms with E-state index in [2.05, 4.69) is 241 Å². The second-order valence-corrected chi connectivity index (χ2v) is 16.8. The van der Waals surface area contributed by atoms with Crippen molar-refractivity contribution in [2.75, 3.05) is 4.90 Å². The summed E-state index contributed by atoms with van der Waals surface area (Å²) in [6.45, 7) is 0. The summed E-state index contributed by atoms with van der Waals surface area (Å²) in [4.78, 5) is 2.40. The predicted molar refractivity (Wildman–Crippen MR) is 272 cm³/mol. The largest absolute Gasteiger partial charge is 0.455 e. The van der Waals surface area contributed by atoms with Crippen LogP contribution in [0.25, 0.3) is 109 Å². The molecule has 0 bridgehead atoms. The van der Waals surface area contributed by atoms with E-state index in [0.29, 0.717) is 0 Å². The zero-order valence-electron chi connectivity index (χ0n) is 34.9. The van der Waals surface area contributed by atoms with Crippen LogP contribution < -0.4 is 4.90 Å². The first-order valence-corrected chi connectivity index (χ1v) is 22.0. The van der Waals surface area contributed by atoms with Gasteiger partial charge in [-0.05, 0) is 119 Å². The van der Waals surface area contributed by atoms with E-state index in [1.54, 1.807) is 0 Å². The smallest absolute Gasteiger partial charge is 0.143 e. The summed E-state index contributed by atoms with van der Waals surface area (Å²) in [5.41, 5.74) is 12.2. The van der Waals surface area contributed by atoms with Crippen molar-refractivity contribution in [3.63, 3.8) is 0 Å². The molecule has 2 heteroatoms. The Kier molecular flexibility index (Phi) is 8.25. The summed E-state index contributed by atoms with van der Waals surface area (Å²) in [5.74, 6) is 0. The molecule has 0 unspecified atom stereocenters. The van der Waals surface area contributed by atoms with Gasteiger partial charge in [-0.15, -0.1) is 0 Å². The fourth-order valence-electron chi connectivity index (χ4n) is 10.3. The molecule has 13 rings (SSSR count). The molecule has 298 valence electrons. The van der Waals surface area contributed by atoms with Gasteiger partial charge in [0.1, 0.15) is 11.2 Å². The van der Waals surface area contributed by atoms with Crippen LogP contribution in [0.1, 0.15) is 0 Å². The van der Waals surface area contributed by atoms with E-state index in [4.69, 9.17) is 4.42 Å². The summed E-state index contributed by atoms with van der Waals surface area (Å²) in [6, 6.07) is 86.0. The summed E-state index contributed by atoms with van der Waals surface area (Å²) >= 11 is 0. The minimum atomic E-state index is 0.864. The van der Waals surface area contributed by atoms with Crippen molar-refractivity contribution < 1.29 is 4.42 Å². The lowest BCUT2D eigenvalue weighted by molar-refractivity contribution is 0.672. The van der Waals surface area contributed by atoms with E-state index < -0.39 is 0 Å². The third-order valence-electron chi connectivity index (χ3n) is 13.2. The Morgan fingerprint density at radius 2 is 0.781 bits per heavy atom. The molecule has 1 aromatic heterocycles. The average molecular weight is 814 g/mol. The average Bonchev–Trinajstić information content (AvgIpc) is 3.75. The molecule has 0 N–H and O–H groups in total.